The molecule has 0 bridgehead atoms. The average molecular weight is 294 g/mol. The maximum atomic E-state index is 6.00. The van der Waals surface area contributed by atoms with Gasteiger partial charge in [0.05, 0.1) is 19.3 Å². The molecule has 1 saturated carbocycles. The minimum absolute atomic E-state index is 0.423. The predicted octanol–water partition coefficient (Wildman–Crippen LogP) is 2.61. The Hall–Kier alpha value is -1.56. The summed E-state index contributed by atoms with van der Waals surface area (Å²) < 4.78 is 11.3. The fraction of sp³-hybridized carbons (Fsp3) is 0.733. The van der Waals surface area contributed by atoms with Gasteiger partial charge in [-0.15, -0.1) is 0 Å². The Morgan fingerprint density at radius 2 is 2.05 bits per heavy atom. The SMILES string of the molecule is CCCOc1ncnc(NCCOC2CCCCC2)c1N. The lowest BCUT2D eigenvalue weighted by Crippen LogP contribution is -2.21. The number of aromatic nitrogens is 2. The van der Waals surface area contributed by atoms with E-state index in [-0.39, 0.29) is 0 Å². The van der Waals surface area contributed by atoms with E-state index in [4.69, 9.17) is 15.2 Å². The number of ether oxygens (including phenoxy) is 2. The molecule has 0 unspecified atom stereocenters. The van der Waals surface area contributed by atoms with Gasteiger partial charge >= 0.3 is 0 Å². The number of nitrogen functional groups attached to an aromatic ring is 1. The Morgan fingerprint density at radius 1 is 1.24 bits per heavy atom. The summed E-state index contributed by atoms with van der Waals surface area (Å²) in [5, 5.41) is 3.19. The summed E-state index contributed by atoms with van der Waals surface area (Å²) in [6.45, 7) is 3.99. The molecular weight excluding hydrogens is 268 g/mol. The third kappa shape index (κ3) is 5.04. The predicted molar refractivity (Wildman–Crippen MR) is 83.5 cm³/mol. The summed E-state index contributed by atoms with van der Waals surface area (Å²) >= 11 is 0. The second-order valence-corrected chi connectivity index (χ2v) is 5.35. The van der Waals surface area contributed by atoms with Crippen LogP contribution in [-0.2, 0) is 4.74 Å². The molecule has 3 N–H and O–H groups in total. The summed E-state index contributed by atoms with van der Waals surface area (Å²) in [5.41, 5.74) is 6.46. The second-order valence-electron chi connectivity index (χ2n) is 5.35. The molecule has 0 atom stereocenters. The summed E-state index contributed by atoms with van der Waals surface area (Å²) in [5.74, 6) is 1.06. The standard InChI is InChI=1S/C15H26N4O2/c1-2-9-21-15-13(16)14(18-11-19-15)17-8-10-20-12-6-4-3-5-7-12/h11-12H,2-10,16H2,1H3,(H,17,18,19). The van der Waals surface area contributed by atoms with Gasteiger partial charge in [-0.2, -0.15) is 4.98 Å². The molecule has 6 nitrogen and oxygen atoms in total. The number of rotatable bonds is 8. The maximum Gasteiger partial charge on any atom is 0.242 e. The van der Waals surface area contributed by atoms with Crippen molar-refractivity contribution in [3.8, 4) is 5.88 Å². The van der Waals surface area contributed by atoms with Crippen molar-refractivity contribution in [3.63, 3.8) is 0 Å². The Balaban J connectivity index is 1.74. The number of nitrogens with zero attached hydrogens (tertiary/aromatic N) is 2. The van der Waals surface area contributed by atoms with Crippen molar-refractivity contribution >= 4 is 11.5 Å². The molecule has 1 aliphatic carbocycles. The van der Waals surface area contributed by atoms with Crippen LogP contribution < -0.4 is 15.8 Å². The first-order chi connectivity index (χ1) is 10.3. The van der Waals surface area contributed by atoms with E-state index >= 15 is 0 Å². The van der Waals surface area contributed by atoms with Gasteiger partial charge in [-0.25, -0.2) is 4.98 Å². The summed E-state index contributed by atoms with van der Waals surface area (Å²) in [6.07, 6.45) is 9.09. The molecule has 1 aliphatic rings. The Kier molecular flexibility index (Phi) is 6.53. The van der Waals surface area contributed by atoms with Gasteiger partial charge in [-0.1, -0.05) is 26.2 Å². The molecule has 0 saturated heterocycles. The monoisotopic (exact) mass is 294 g/mol. The average Bonchev–Trinajstić information content (AvgIpc) is 2.53. The molecule has 6 heteroatoms. The van der Waals surface area contributed by atoms with E-state index in [2.05, 4.69) is 15.3 Å². The van der Waals surface area contributed by atoms with Crippen molar-refractivity contribution in [2.45, 2.75) is 51.6 Å². The number of hydrogen-bond acceptors (Lipinski definition) is 6. The molecule has 0 radical (unpaired) electrons. The topological polar surface area (TPSA) is 82.3 Å². The van der Waals surface area contributed by atoms with E-state index in [0.717, 1.165) is 6.42 Å². The van der Waals surface area contributed by atoms with Crippen LogP contribution in [0, 0.1) is 0 Å². The minimum atomic E-state index is 0.423. The highest BCUT2D eigenvalue weighted by molar-refractivity contribution is 5.66. The van der Waals surface area contributed by atoms with Gasteiger partial charge in [0, 0.05) is 6.54 Å². The Morgan fingerprint density at radius 3 is 2.81 bits per heavy atom. The van der Waals surface area contributed by atoms with Gasteiger partial charge in [-0.05, 0) is 19.3 Å². The van der Waals surface area contributed by atoms with Crippen LogP contribution in [0.2, 0.25) is 0 Å². The van der Waals surface area contributed by atoms with Crippen LogP contribution in [-0.4, -0.2) is 35.8 Å². The van der Waals surface area contributed by atoms with E-state index < -0.39 is 0 Å². The smallest absolute Gasteiger partial charge is 0.242 e. The van der Waals surface area contributed by atoms with Gasteiger partial charge < -0.3 is 20.5 Å². The molecule has 2 rings (SSSR count). The van der Waals surface area contributed by atoms with E-state index in [1.807, 2.05) is 6.92 Å². The van der Waals surface area contributed by atoms with Crippen molar-refractivity contribution in [1.29, 1.82) is 0 Å². The molecule has 0 aliphatic heterocycles. The maximum absolute atomic E-state index is 6.00. The summed E-state index contributed by atoms with van der Waals surface area (Å²) in [7, 11) is 0. The lowest BCUT2D eigenvalue weighted by Gasteiger charge is -2.22. The Labute approximate surface area is 126 Å². The van der Waals surface area contributed by atoms with Crippen molar-refractivity contribution in [2.24, 2.45) is 0 Å². The van der Waals surface area contributed by atoms with E-state index in [1.165, 1.54) is 38.4 Å². The van der Waals surface area contributed by atoms with Crippen LogP contribution in [0.5, 0.6) is 5.88 Å². The first-order valence-electron chi connectivity index (χ1n) is 7.90. The molecule has 1 heterocycles. The highest BCUT2D eigenvalue weighted by Crippen LogP contribution is 2.24. The van der Waals surface area contributed by atoms with Crippen molar-refractivity contribution in [2.75, 3.05) is 30.8 Å². The molecule has 1 aromatic heterocycles. The first-order valence-corrected chi connectivity index (χ1v) is 7.90. The number of hydrogen-bond donors (Lipinski definition) is 2. The number of nitrogens with one attached hydrogen (secondary N) is 1. The van der Waals surface area contributed by atoms with Gasteiger partial charge in [0.25, 0.3) is 0 Å². The zero-order valence-electron chi connectivity index (χ0n) is 12.8. The van der Waals surface area contributed by atoms with Crippen LogP contribution in [0.3, 0.4) is 0 Å². The summed E-state index contributed by atoms with van der Waals surface area (Å²) in [6, 6.07) is 0. The summed E-state index contributed by atoms with van der Waals surface area (Å²) in [4.78, 5) is 8.20. The molecule has 0 aromatic carbocycles. The van der Waals surface area contributed by atoms with Gasteiger partial charge in [0.1, 0.15) is 12.0 Å². The van der Waals surface area contributed by atoms with E-state index in [0.29, 0.717) is 43.2 Å². The van der Waals surface area contributed by atoms with Gasteiger partial charge in [0.15, 0.2) is 5.82 Å². The van der Waals surface area contributed by atoms with E-state index in [9.17, 15) is 0 Å². The Bertz CT molecular complexity index is 422. The third-order valence-electron chi connectivity index (χ3n) is 3.59. The molecule has 0 amide bonds. The normalized spacial score (nSPS) is 15.9. The van der Waals surface area contributed by atoms with Crippen molar-refractivity contribution in [1.82, 2.24) is 9.97 Å². The lowest BCUT2D eigenvalue weighted by atomic mass is 9.98. The van der Waals surface area contributed by atoms with Crippen LogP contribution in [0.15, 0.2) is 6.33 Å². The highest BCUT2D eigenvalue weighted by atomic mass is 16.5. The second kappa shape index (κ2) is 8.67. The highest BCUT2D eigenvalue weighted by Gasteiger charge is 2.13. The zero-order chi connectivity index (χ0) is 14.9. The molecule has 21 heavy (non-hydrogen) atoms. The molecule has 1 fully saturated rings. The number of nitrogens with two attached hydrogens (primary N) is 1. The van der Waals surface area contributed by atoms with E-state index in [1.54, 1.807) is 0 Å². The molecular formula is C15H26N4O2. The van der Waals surface area contributed by atoms with Crippen LogP contribution >= 0.6 is 0 Å². The van der Waals surface area contributed by atoms with Crippen molar-refractivity contribution < 1.29 is 9.47 Å². The number of anilines is 2. The third-order valence-corrected chi connectivity index (χ3v) is 3.59. The molecule has 118 valence electrons. The van der Waals surface area contributed by atoms with Crippen LogP contribution in [0.4, 0.5) is 11.5 Å². The quantitative estimate of drug-likeness (QED) is 0.717. The first kappa shape index (κ1) is 15.8. The largest absolute Gasteiger partial charge is 0.476 e. The minimum Gasteiger partial charge on any atom is -0.476 e. The fourth-order valence-corrected chi connectivity index (χ4v) is 2.46. The van der Waals surface area contributed by atoms with Crippen LogP contribution in [0.25, 0.3) is 0 Å². The molecule has 0 spiro atoms. The van der Waals surface area contributed by atoms with Crippen molar-refractivity contribution in [3.05, 3.63) is 6.33 Å². The fourth-order valence-electron chi connectivity index (χ4n) is 2.46. The zero-order valence-corrected chi connectivity index (χ0v) is 12.8. The van der Waals surface area contributed by atoms with Gasteiger partial charge in [0.2, 0.25) is 5.88 Å². The molecule has 1 aromatic rings. The lowest BCUT2D eigenvalue weighted by molar-refractivity contribution is 0.0347. The van der Waals surface area contributed by atoms with Gasteiger partial charge in [-0.3, -0.25) is 0 Å². The van der Waals surface area contributed by atoms with Crippen LogP contribution in [0.1, 0.15) is 45.4 Å².